The van der Waals surface area contributed by atoms with Crippen molar-refractivity contribution in [2.75, 3.05) is 32.5 Å². The number of hydrogen-bond donors (Lipinski definition) is 3. The molecule has 0 amide bonds. The van der Waals surface area contributed by atoms with Gasteiger partial charge in [-0.15, -0.1) is 0 Å². The van der Waals surface area contributed by atoms with Gasteiger partial charge in [0.15, 0.2) is 0 Å². The molecule has 3 N–H and O–H groups in total. The Labute approximate surface area is 218 Å². The van der Waals surface area contributed by atoms with Crippen LogP contribution in [0.25, 0.3) is 56.0 Å². The topological polar surface area (TPSA) is 103 Å². The fourth-order valence-corrected chi connectivity index (χ4v) is 4.65. The summed E-state index contributed by atoms with van der Waals surface area (Å²) in [7, 11) is 5.99. The smallest absolute Gasteiger partial charge is 0.138 e. The van der Waals surface area contributed by atoms with E-state index in [-0.39, 0.29) is 5.82 Å². The number of pyridine rings is 2. The van der Waals surface area contributed by atoms with Crippen LogP contribution in [0.5, 0.6) is 0 Å². The van der Waals surface area contributed by atoms with Crippen molar-refractivity contribution in [1.29, 1.82) is 0 Å². The minimum Gasteiger partial charge on any atom is -0.384 e. The van der Waals surface area contributed by atoms with E-state index in [9.17, 15) is 4.39 Å². The number of likely N-dealkylation sites (N-methyl/N-ethyl adjacent to an activating group) is 1. The number of nitrogens with zero attached hydrogens (tertiary/aromatic N) is 6. The number of rotatable bonds is 7. The van der Waals surface area contributed by atoms with Crippen molar-refractivity contribution >= 4 is 27.8 Å². The van der Waals surface area contributed by atoms with E-state index in [1.807, 2.05) is 69.2 Å². The van der Waals surface area contributed by atoms with Crippen LogP contribution in [-0.2, 0) is 7.05 Å². The summed E-state index contributed by atoms with van der Waals surface area (Å²) in [5.74, 6) is 0.618. The van der Waals surface area contributed by atoms with E-state index in [0.717, 1.165) is 69.2 Å². The van der Waals surface area contributed by atoms with E-state index in [1.54, 1.807) is 12.3 Å². The Kier molecular flexibility index (Phi) is 5.88. The standard InChI is InChI=1S/C28H28FN9/c1-16-32-15-25(38(16)4)22-5-6-23-26(33-22)27(36-35-23)24-14-21-20(7-8-31-28(21)34-24)17-11-18(29)13-19(12-17)30-9-10-37(2)3/h5-8,11-15,30H,9-10H2,1-4H3,(H,31,34)(H,35,36). The van der Waals surface area contributed by atoms with Gasteiger partial charge < -0.3 is 19.8 Å². The summed E-state index contributed by atoms with van der Waals surface area (Å²) in [6.07, 6.45) is 3.55. The molecule has 0 aliphatic rings. The van der Waals surface area contributed by atoms with Crippen molar-refractivity contribution in [2.24, 2.45) is 7.05 Å². The van der Waals surface area contributed by atoms with Crippen molar-refractivity contribution in [3.05, 3.63) is 66.5 Å². The molecule has 38 heavy (non-hydrogen) atoms. The van der Waals surface area contributed by atoms with E-state index in [1.165, 1.54) is 6.07 Å². The third-order valence-corrected chi connectivity index (χ3v) is 6.77. The number of anilines is 1. The monoisotopic (exact) mass is 509 g/mol. The summed E-state index contributed by atoms with van der Waals surface area (Å²) in [4.78, 5) is 19.3. The lowest BCUT2D eigenvalue weighted by Crippen LogP contribution is -2.20. The van der Waals surface area contributed by atoms with Crippen LogP contribution < -0.4 is 5.32 Å². The first-order valence-electron chi connectivity index (χ1n) is 12.4. The first-order valence-corrected chi connectivity index (χ1v) is 12.4. The summed E-state index contributed by atoms with van der Waals surface area (Å²) < 4.78 is 16.6. The SMILES string of the molecule is Cc1ncc(-c2ccc3[nH]nc(-c4cc5c(-c6cc(F)cc(NCCN(C)C)c6)ccnc5[nH]4)c3n2)n1C. The van der Waals surface area contributed by atoms with Gasteiger partial charge in [0.1, 0.15) is 28.5 Å². The number of benzene rings is 1. The summed E-state index contributed by atoms with van der Waals surface area (Å²) in [6.45, 7) is 3.53. The van der Waals surface area contributed by atoms with Crippen LogP contribution >= 0.6 is 0 Å². The third kappa shape index (κ3) is 4.28. The summed E-state index contributed by atoms with van der Waals surface area (Å²) in [5, 5.41) is 11.8. The lowest BCUT2D eigenvalue weighted by molar-refractivity contribution is 0.425. The molecule has 10 heteroatoms. The zero-order chi connectivity index (χ0) is 26.4. The summed E-state index contributed by atoms with van der Waals surface area (Å²) >= 11 is 0. The molecule has 5 aromatic heterocycles. The number of aryl methyl sites for hydroxylation is 1. The van der Waals surface area contributed by atoms with Crippen LogP contribution in [0.4, 0.5) is 10.1 Å². The summed E-state index contributed by atoms with van der Waals surface area (Å²) in [5.41, 5.74) is 7.86. The van der Waals surface area contributed by atoms with Gasteiger partial charge in [-0.2, -0.15) is 5.10 Å². The lowest BCUT2D eigenvalue weighted by Gasteiger charge is -2.13. The molecule has 0 aliphatic heterocycles. The van der Waals surface area contributed by atoms with Crippen molar-refractivity contribution < 1.29 is 4.39 Å². The first-order chi connectivity index (χ1) is 18.4. The largest absolute Gasteiger partial charge is 0.384 e. The Morgan fingerprint density at radius 1 is 1.08 bits per heavy atom. The number of halogens is 1. The highest BCUT2D eigenvalue weighted by atomic mass is 19.1. The number of aromatic amines is 2. The molecule has 0 bridgehead atoms. The molecular weight excluding hydrogens is 481 g/mol. The Hall–Kier alpha value is -4.57. The van der Waals surface area contributed by atoms with Crippen molar-refractivity contribution in [3.8, 4) is 33.9 Å². The Morgan fingerprint density at radius 2 is 1.95 bits per heavy atom. The van der Waals surface area contributed by atoms with Crippen LogP contribution in [0.3, 0.4) is 0 Å². The van der Waals surface area contributed by atoms with E-state index in [4.69, 9.17) is 4.98 Å². The maximum atomic E-state index is 14.6. The number of hydrogen-bond acceptors (Lipinski definition) is 6. The zero-order valence-corrected chi connectivity index (χ0v) is 21.7. The molecule has 0 spiro atoms. The molecule has 0 saturated carbocycles. The minimum absolute atomic E-state index is 0.295. The molecule has 0 aliphatic carbocycles. The molecular formula is C28H28FN9. The number of aromatic nitrogens is 7. The fourth-order valence-electron chi connectivity index (χ4n) is 4.65. The molecule has 9 nitrogen and oxygen atoms in total. The molecule has 0 unspecified atom stereocenters. The van der Waals surface area contributed by atoms with E-state index < -0.39 is 0 Å². The van der Waals surface area contributed by atoms with Gasteiger partial charge in [0.2, 0.25) is 0 Å². The molecule has 0 saturated heterocycles. The van der Waals surface area contributed by atoms with Gasteiger partial charge in [-0.05, 0) is 74.6 Å². The quantitative estimate of drug-likeness (QED) is 0.280. The Balaban J connectivity index is 1.41. The molecule has 6 rings (SSSR count). The summed E-state index contributed by atoms with van der Waals surface area (Å²) in [6, 6.07) is 12.9. The average Bonchev–Trinajstić information content (AvgIpc) is 3.59. The van der Waals surface area contributed by atoms with Gasteiger partial charge in [0, 0.05) is 37.4 Å². The van der Waals surface area contributed by atoms with Crippen LogP contribution in [0.1, 0.15) is 5.82 Å². The molecule has 6 aromatic rings. The highest BCUT2D eigenvalue weighted by molar-refractivity contribution is 5.99. The number of imidazole rings is 1. The van der Waals surface area contributed by atoms with Crippen molar-refractivity contribution in [3.63, 3.8) is 0 Å². The number of nitrogens with one attached hydrogen (secondary N) is 3. The maximum Gasteiger partial charge on any atom is 0.138 e. The molecule has 0 radical (unpaired) electrons. The molecule has 192 valence electrons. The highest BCUT2D eigenvalue weighted by Gasteiger charge is 2.17. The highest BCUT2D eigenvalue weighted by Crippen LogP contribution is 2.34. The fraction of sp³-hybridized carbons (Fsp3) is 0.214. The Morgan fingerprint density at radius 3 is 2.74 bits per heavy atom. The molecule has 5 heterocycles. The van der Waals surface area contributed by atoms with Gasteiger partial charge in [0.25, 0.3) is 0 Å². The zero-order valence-electron chi connectivity index (χ0n) is 21.7. The third-order valence-electron chi connectivity index (χ3n) is 6.77. The van der Waals surface area contributed by atoms with Gasteiger partial charge in [-0.1, -0.05) is 0 Å². The van der Waals surface area contributed by atoms with E-state index >= 15 is 0 Å². The molecule has 0 fully saturated rings. The average molecular weight is 510 g/mol. The number of H-pyrrole nitrogens is 2. The predicted octanol–water partition coefficient (Wildman–Crippen LogP) is 4.99. The van der Waals surface area contributed by atoms with Crippen LogP contribution in [0, 0.1) is 12.7 Å². The van der Waals surface area contributed by atoms with E-state index in [0.29, 0.717) is 11.3 Å². The van der Waals surface area contributed by atoms with Gasteiger partial charge >= 0.3 is 0 Å². The van der Waals surface area contributed by atoms with Gasteiger partial charge in [0.05, 0.1) is 28.8 Å². The maximum absolute atomic E-state index is 14.6. The van der Waals surface area contributed by atoms with Crippen LogP contribution in [0.15, 0.2) is 54.9 Å². The van der Waals surface area contributed by atoms with Crippen LogP contribution in [0.2, 0.25) is 0 Å². The van der Waals surface area contributed by atoms with E-state index in [2.05, 4.69) is 35.4 Å². The van der Waals surface area contributed by atoms with Crippen molar-refractivity contribution in [2.45, 2.75) is 6.92 Å². The van der Waals surface area contributed by atoms with Crippen molar-refractivity contribution in [1.82, 2.24) is 39.6 Å². The van der Waals surface area contributed by atoms with Crippen LogP contribution in [-0.4, -0.2) is 66.8 Å². The normalized spacial score (nSPS) is 11.7. The second-order valence-electron chi connectivity index (χ2n) is 9.68. The van der Waals surface area contributed by atoms with Gasteiger partial charge in [-0.3, -0.25) is 5.10 Å². The van der Waals surface area contributed by atoms with Gasteiger partial charge in [-0.25, -0.2) is 19.3 Å². The second-order valence-corrected chi connectivity index (χ2v) is 9.68. The first kappa shape index (κ1) is 23.8. The Bertz CT molecular complexity index is 1780. The lowest BCUT2D eigenvalue weighted by atomic mass is 10.0. The molecule has 1 aromatic carbocycles. The minimum atomic E-state index is -0.295. The predicted molar refractivity (Wildman–Crippen MR) is 148 cm³/mol. The second kappa shape index (κ2) is 9.38. The molecule has 0 atom stereocenters. The number of fused-ring (bicyclic) bond motifs is 2.